The first kappa shape index (κ1) is 12.3. The molecule has 0 bridgehead atoms. The Kier molecular flexibility index (Phi) is 4.31. The Hall–Kier alpha value is -1.16. The van der Waals surface area contributed by atoms with E-state index in [1.165, 1.54) is 25.3 Å². The molecule has 94 valence electrons. The Bertz CT molecular complexity index is 353. The Balaban J connectivity index is 2.15. The zero-order valence-electron chi connectivity index (χ0n) is 9.98. The third-order valence-electron chi connectivity index (χ3n) is 3.35. The molecule has 0 radical (unpaired) electrons. The molecule has 1 N–H and O–H groups in total. The van der Waals surface area contributed by atoms with Crippen LogP contribution in [0.4, 0.5) is 10.2 Å². The van der Waals surface area contributed by atoms with Gasteiger partial charge in [-0.15, -0.1) is 0 Å². The average molecular weight is 238 g/mol. The lowest BCUT2D eigenvalue weighted by molar-refractivity contribution is 0.289. The van der Waals surface area contributed by atoms with Crippen molar-refractivity contribution < 1.29 is 9.50 Å². The molecule has 0 aliphatic heterocycles. The minimum atomic E-state index is -0.457. The normalized spacial score (nSPS) is 17.1. The van der Waals surface area contributed by atoms with Gasteiger partial charge in [-0.2, -0.15) is 4.39 Å². The summed E-state index contributed by atoms with van der Waals surface area (Å²) in [6, 6.07) is 5.23. The van der Waals surface area contributed by atoms with Crippen molar-refractivity contribution in [3.63, 3.8) is 0 Å². The monoisotopic (exact) mass is 238 g/mol. The van der Waals surface area contributed by atoms with Crippen LogP contribution in [-0.2, 0) is 0 Å². The maximum atomic E-state index is 13.1. The summed E-state index contributed by atoms with van der Waals surface area (Å²) in [5.41, 5.74) is 0. The van der Waals surface area contributed by atoms with Crippen LogP contribution in [0.3, 0.4) is 0 Å². The van der Waals surface area contributed by atoms with Crippen molar-refractivity contribution in [2.45, 2.75) is 38.1 Å². The molecule has 1 fully saturated rings. The highest BCUT2D eigenvalue weighted by Crippen LogP contribution is 2.25. The van der Waals surface area contributed by atoms with E-state index in [9.17, 15) is 4.39 Å². The quantitative estimate of drug-likeness (QED) is 0.818. The first-order valence-corrected chi connectivity index (χ1v) is 6.31. The molecule has 0 atom stereocenters. The third kappa shape index (κ3) is 3.16. The first-order valence-electron chi connectivity index (χ1n) is 6.31. The number of pyridine rings is 1. The van der Waals surface area contributed by atoms with Crippen molar-refractivity contribution >= 4 is 5.82 Å². The number of aliphatic hydroxyl groups is 1. The summed E-state index contributed by atoms with van der Waals surface area (Å²) in [7, 11) is 0. The van der Waals surface area contributed by atoms with Crippen LogP contribution in [0.25, 0.3) is 0 Å². The van der Waals surface area contributed by atoms with Gasteiger partial charge in [-0.25, -0.2) is 4.98 Å². The molecule has 0 saturated heterocycles. The number of rotatable bonds is 4. The summed E-state index contributed by atoms with van der Waals surface area (Å²) in [6.07, 6.45) is 5.92. The molecule has 2 rings (SSSR count). The van der Waals surface area contributed by atoms with Crippen LogP contribution >= 0.6 is 0 Å². The topological polar surface area (TPSA) is 36.4 Å². The lowest BCUT2D eigenvalue weighted by Gasteiger charge is -2.34. The second-order valence-corrected chi connectivity index (χ2v) is 4.53. The Labute approximate surface area is 101 Å². The van der Waals surface area contributed by atoms with Crippen LogP contribution in [-0.4, -0.2) is 29.3 Å². The van der Waals surface area contributed by atoms with Gasteiger partial charge in [0, 0.05) is 12.6 Å². The summed E-state index contributed by atoms with van der Waals surface area (Å²) >= 11 is 0. The third-order valence-corrected chi connectivity index (χ3v) is 3.35. The minimum absolute atomic E-state index is 0.0781. The van der Waals surface area contributed by atoms with E-state index in [1.54, 1.807) is 6.07 Å². The Morgan fingerprint density at radius 2 is 2.06 bits per heavy atom. The first-order chi connectivity index (χ1) is 8.31. The van der Waals surface area contributed by atoms with E-state index < -0.39 is 5.95 Å². The number of aliphatic hydroxyl groups excluding tert-OH is 1. The number of anilines is 1. The van der Waals surface area contributed by atoms with Crippen LogP contribution in [0.15, 0.2) is 18.2 Å². The van der Waals surface area contributed by atoms with Crippen molar-refractivity contribution in [3.8, 4) is 0 Å². The van der Waals surface area contributed by atoms with E-state index >= 15 is 0 Å². The molecule has 0 aromatic carbocycles. The van der Waals surface area contributed by atoms with Crippen LogP contribution in [0.5, 0.6) is 0 Å². The molecular weight excluding hydrogens is 219 g/mol. The summed E-state index contributed by atoms with van der Waals surface area (Å²) in [5.74, 6) is 0.187. The number of hydrogen-bond acceptors (Lipinski definition) is 3. The van der Waals surface area contributed by atoms with E-state index in [1.807, 2.05) is 11.0 Å². The van der Waals surface area contributed by atoms with Gasteiger partial charge >= 0.3 is 0 Å². The molecule has 1 aromatic heterocycles. The average Bonchev–Trinajstić information content (AvgIpc) is 2.37. The minimum Gasteiger partial charge on any atom is -0.395 e. The van der Waals surface area contributed by atoms with Gasteiger partial charge in [0.25, 0.3) is 0 Å². The molecule has 1 aliphatic carbocycles. The smallest absolute Gasteiger partial charge is 0.214 e. The lowest BCUT2D eigenvalue weighted by atomic mass is 9.94. The fourth-order valence-electron chi connectivity index (χ4n) is 2.54. The van der Waals surface area contributed by atoms with E-state index in [-0.39, 0.29) is 6.61 Å². The number of nitrogens with zero attached hydrogens (tertiary/aromatic N) is 2. The second kappa shape index (κ2) is 5.96. The summed E-state index contributed by atoms with van der Waals surface area (Å²) in [4.78, 5) is 5.96. The van der Waals surface area contributed by atoms with Gasteiger partial charge in [0.1, 0.15) is 5.82 Å². The fraction of sp³-hybridized carbons (Fsp3) is 0.615. The highest BCUT2D eigenvalue weighted by Gasteiger charge is 2.22. The largest absolute Gasteiger partial charge is 0.395 e. The lowest BCUT2D eigenvalue weighted by Crippen LogP contribution is -2.39. The van der Waals surface area contributed by atoms with Crippen molar-refractivity contribution in [1.29, 1.82) is 0 Å². The molecule has 17 heavy (non-hydrogen) atoms. The summed E-state index contributed by atoms with van der Waals surface area (Å²) in [5, 5.41) is 9.13. The van der Waals surface area contributed by atoms with E-state index in [4.69, 9.17) is 5.11 Å². The highest BCUT2D eigenvalue weighted by molar-refractivity contribution is 5.39. The van der Waals surface area contributed by atoms with Gasteiger partial charge in [0.05, 0.1) is 6.61 Å². The predicted octanol–water partition coefficient (Wildman–Crippen LogP) is 2.35. The van der Waals surface area contributed by atoms with Gasteiger partial charge in [-0.3, -0.25) is 0 Å². The van der Waals surface area contributed by atoms with Gasteiger partial charge in [-0.05, 0) is 25.0 Å². The van der Waals surface area contributed by atoms with E-state index in [0.29, 0.717) is 18.4 Å². The van der Waals surface area contributed by atoms with E-state index in [2.05, 4.69) is 4.98 Å². The van der Waals surface area contributed by atoms with Crippen molar-refractivity contribution in [2.75, 3.05) is 18.1 Å². The van der Waals surface area contributed by atoms with E-state index in [0.717, 1.165) is 12.8 Å². The van der Waals surface area contributed by atoms with Gasteiger partial charge in [-0.1, -0.05) is 25.3 Å². The molecule has 1 saturated carbocycles. The predicted molar refractivity (Wildman–Crippen MR) is 65.5 cm³/mol. The molecule has 0 amide bonds. The standard InChI is InChI=1S/C13H19FN2O/c14-12-7-4-8-13(15-12)16(9-10-17)11-5-2-1-3-6-11/h4,7-8,11,17H,1-3,5-6,9-10H2. The van der Waals surface area contributed by atoms with Crippen LogP contribution in [0.1, 0.15) is 32.1 Å². The molecule has 0 unspecified atom stereocenters. The molecule has 3 nitrogen and oxygen atoms in total. The van der Waals surface area contributed by atoms with Crippen LogP contribution in [0.2, 0.25) is 0 Å². The SMILES string of the molecule is OCCN(c1cccc(F)n1)C1CCCCC1. The fourth-order valence-corrected chi connectivity index (χ4v) is 2.54. The zero-order chi connectivity index (χ0) is 12.1. The van der Waals surface area contributed by atoms with Crippen molar-refractivity contribution in [1.82, 2.24) is 4.98 Å². The number of halogens is 1. The molecule has 1 heterocycles. The molecular formula is C13H19FN2O. The molecule has 0 spiro atoms. The summed E-state index contributed by atoms with van der Waals surface area (Å²) in [6.45, 7) is 0.607. The number of aromatic nitrogens is 1. The maximum absolute atomic E-state index is 13.1. The molecule has 4 heteroatoms. The van der Waals surface area contributed by atoms with Crippen molar-refractivity contribution in [2.24, 2.45) is 0 Å². The van der Waals surface area contributed by atoms with Gasteiger partial charge in [0.2, 0.25) is 5.95 Å². The van der Waals surface area contributed by atoms with Crippen LogP contribution < -0.4 is 4.90 Å². The van der Waals surface area contributed by atoms with Gasteiger partial charge < -0.3 is 10.0 Å². The molecule has 1 aliphatic rings. The second-order valence-electron chi connectivity index (χ2n) is 4.53. The van der Waals surface area contributed by atoms with Crippen molar-refractivity contribution in [3.05, 3.63) is 24.1 Å². The van der Waals surface area contributed by atoms with Gasteiger partial charge in [0.15, 0.2) is 0 Å². The Morgan fingerprint density at radius 3 is 2.71 bits per heavy atom. The molecule has 1 aromatic rings. The van der Waals surface area contributed by atoms with Crippen LogP contribution in [0, 0.1) is 5.95 Å². The number of hydrogen-bond donors (Lipinski definition) is 1. The highest BCUT2D eigenvalue weighted by atomic mass is 19.1. The zero-order valence-corrected chi connectivity index (χ0v) is 9.98. The summed E-state index contributed by atoms with van der Waals surface area (Å²) < 4.78 is 13.1. The maximum Gasteiger partial charge on any atom is 0.214 e. The Morgan fingerprint density at radius 1 is 1.29 bits per heavy atom.